The predicted octanol–water partition coefficient (Wildman–Crippen LogP) is 4.11. The molecule has 0 aromatic heterocycles. The summed E-state index contributed by atoms with van der Waals surface area (Å²) >= 11 is 0. The Hall–Kier alpha value is 0.367. The lowest BCUT2D eigenvalue weighted by atomic mass is 10.1. The van der Waals surface area contributed by atoms with Gasteiger partial charge < -0.3 is 8.74 Å². The summed E-state index contributed by atoms with van der Waals surface area (Å²) in [6.07, 6.45) is 0.907. The topological polar surface area (TPSA) is 35.5 Å². The summed E-state index contributed by atoms with van der Waals surface area (Å²) < 4.78 is 23.1. The largest absolute Gasteiger partial charge is 0.351 e. The van der Waals surface area contributed by atoms with Crippen LogP contribution < -0.4 is 0 Å². The molecule has 92 valence electrons. The first-order valence-corrected chi connectivity index (χ1v) is 10.9. The summed E-state index contributed by atoms with van der Waals surface area (Å²) in [6, 6.07) is 0. The van der Waals surface area contributed by atoms with Crippen LogP contribution in [0, 0.1) is 5.92 Å². The van der Waals surface area contributed by atoms with E-state index in [9.17, 15) is 4.57 Å². The van der Waals surface area contributed by atoms with E-state index in [1.54, 1.807) is 6.66 Å². The summed E-state index contributed by atoms with van der Waals surface area (Å²) in [5.74, 6) is 0.548. The molecule has 0 saturated heterocycles. The minimum atomic E-state index is -2.86. The van der Waals surface area contributed by atoms with Crippen molar-refractivity contribution in [1.29, 1.82) is 0 Å². The van der Waals surface area contributed by atoms with E-state index in [2.05, 4.69) is 13.8 Å². The quantitative estimate of drug-likeness (QED) is 0.527. The fraction of sp³-hybridized carbons (Fsp3) is 1.00. The molecule has 0 fully saturated rings. The lowest BCUT2D eigenvalue weighted by Crippen LogP contribution is -2.25. The summed E-state index contributed by atoms with van der Waals surface area (Å²) in [7, 11) is -4.65. The van der Waals surface area contributed by atoms with Gasteiger partial charge in [0, 0.05) is 6.66 Å². The predicted molar refractivity (Wildman–Crippen MR) is 68.0 cm³/mol. The van der Waals surface area contributed by atoms with Crippen molar-refractivity contribution >= 4 is 15.9 Å². The van der Waals surface area contributed by atoms with Crippen LogP contribution in [0.3, 0.4) is 0 Å². The van der Waals surface area contributed by atoms with E-state index in [1.807, 2.05) is 26.6 Å². The Labute approximate surface area is 95.2 Å². The van der Waals surface area contributed by atoms with Crippen molar-refractivity contribution in [2.45, 2.75) is 52.9 Å². The van der Waals surface area contributed by atoms with Crippen LogP contribution in [0.5, 0.6) is 0 Å². The minimum Gasteiger partial charge on any atom is -0.351 e. The zero-order chi connectivity index (χ0) is 12.3. The zero-order valence-corrected chi connectivity index (χ0v) is 12.9. The average molecular weight is 252 g/mol. The normalized spacial score (nSPS) is 18.9. The van der Waals surface area contributed by atoms with Gasteiger partial charge in [0.1, 0.15) is 0 Å². The standard InChI is InChI=1S/C10H25O3PSi/c1-9(2)8-10(3)12-14(4,11)13-15(5,6)7/h9-10H,8H2,1-7H3. The van der Waals surface area contributed by atoms with E-state index in [-0.39, 0.29) is 6.10 Å². The third kappa shape index (κ3) is 9.30. The number of hydrogen-bond acceptors (Lipinski definition) is 3. The Morgan fingerprint density at radius 3 is 2.00 bits per heavy atom. The zero-order valence-electron chi connectivity index (χ0n) is 11.0. The van der Waals surface area contributed by atoms with E-state index >= 15 is 0 Å². The minimum absolute atomic E-state index is 0.00261. The van der Waals surface area contributed by atoms with E-state index in [4.69, 9.17) is 8.74 Å². The molecule has 0 aromatic carbocycles. The molecule has 0 N–H and O–H groups in total. The second kappa shape index (κ2) is 5.62. The van der Waals surface area contributed by atoms with Crippen molar-refractivity contribution in [3.05, 3.63) is 0 Å². The molecular weight excluding hydrogens is 227 g/mol. The van der Waals surface area contributed by atoms with Crippen molar-refractivity contribution in [2.75, 3.05) is 6.66 Å². The molecule has 0 aliphatic heterocycles. The van der Waals surface area contributed by atoms with E-state index in [0.717, 1.165) is 6.42 Å². The lowest BCUT2D eigenvalue weighted by Gasteiger charge is -2.26. The fourth-order valence-electron chi connectivity index (χ4n) is 1.55. The average Bonchev–Trinajstić information content (AvgIpc) is 1.73. The van der Waals surface area contributed by atoms with Gasteiger partial charge in [0.05, 0.1) is 6.10 Å². The summed E-state index contributed by atoms with van der Waals surface area (Å²) in [4.78, 5) is 0. The van der Waals surface area contributed by atoms with Crippen LogP contribution in [0.4, 0.5) is 0 Å². The smallest absolute Gasteiger partial charge is 0.318 e. The van der Waals surface area contributed by atoms with E-state index < -0.39 is 15.9 Å². The van der Waals surface area contributed by atoms with Crippen molar-refractivity contribution in [3.8, 4) is 0 Å². The Morgan fingerprint density at radius 1 is 1.20 bits per heavy atom. The van der Waals surface area contributed by atoms with Crippen molar-refractivity contribution in [2.24, 2.45) is 5.92 Å². The highest BCUT2D eigenvalue weighted by Gasteiger charge is 2.28. The van der Waals surface area contributed by atoms with Gasteiger partial charge in [-0.15, -0.1) is 0 Å². The van der Waals surface area contributed by atoms with Gasteiger partial charge in [-0.05, 0) is 38.9 Å². The highest BCUT2D eigenvalue weighted by atomic mass is 31.2. The molecule has 0 rings (SSSR count). The van der Waals surface area contributed by atoms with Crippen LogP contribution >= 0.6 is 7.60 Å². The molecule has 2 atom stereocenters. The molecule has 0 aliphatic rings. The van der Waals surface area contributed by atoms with Crippen molar-refractivity contribution < 1.29 is 13.3 Å². The highest BCUT2D eigenvalue weighted by Crippen LogP contribution is 2.48. The first-order valence-electron chi connectivity index (χ1n) is 5.48. The maximum absolute atomic E-state index is 12.0. The molecule has 3 nitrogen and oxygen atoms in total. The molecule has 0 aromatic rings. The second-order valence-corrected chi connectivity index (χ2v) is 12.2. The summed E-state index contributed by atoms with van der Waals surface area (Å²) in [5, 5.41) is 0. The van der Waals surface area contributed by atoms with Crippen LogP contribution in [-0.2, 0) is 13.3 Å². The molecule has 0 radical (unpaired) electrons. The molecule has 5 heteroatoms. The van der Waals surface area contributed by atoms with Gasteiger partial charge in [-0.25, -0.2) is 0 Å². The SMILES string of the molecule is CC(C)CC(C)OP(C)(=O)O[Si](C)(C)C. The van der Waals surface area contributed by atoms with E-state index in [1.165, 1.54) is 0 Å². The second-order valence-electron chi connectivity index (χ2n) is 5.52. The molecule has 0 amide bonds. The molecule has 0 saturated carbocycles. The van der Waals surface area contributed by atoms with Crippen molar-refractivity contribution in [1.82, 2.24) is 0 Å². The van der Waals surface area contributed by atoms with Gasteiger partial charge >= 0.3 is 7.60 Å². The van der Waals surface area contributed by atoms with Crippen LogP contribution in [0.1, 0.15) is 27.2 Å². The Kier molecular flexibility index (Phi) is 5.76. The van der Waals surface area contributed by atoms with Crippen LogP contribution in [0.15, 0.2) is 0 Å². The van der Waals surface area contributed by atoms with Gasteiger partial charge in [-0.2, -0.15) is 0 Å². The third-order valence-electron chi connectivity index (χ3n) is 1.61. The maximum Gasteiger partial charge on any atom is 0.318 e. The molecular formula is C10H25O3PSi. The Balaban J connectivity index is 4.20. The molecule has 0 aliphatic carbocycles. The monoisotopic (exact) mass is 252 g/mol. The Bertz CT molecular complexity index is 235. The van der Waals surface area contributed by atoms with Gasteiger partial charge in [0.15, 0.2) is 8.32 Å². The van der Waals surface area contributed by atoms with Gasteiger partial charge in [-0.3, -0.25) is 4.57 Å². The maximum atomic E-state index is 12.0. The third-order valence-corrected chi connectivity index (χ3v) is 5.87. The van der Waals surface area contributed by atoms with Crippen LogP contribution in [-0.4, -0.2) is 21.1 Å². The van der Waals surface area contributed by atoms with E-state index in [0.29, 0.717) is 5.92 Å². The molecule has 0 heterocycles. The number of hydrogen-bond donors (Lipinski definition) is 0. The first kappa shape index (κ1) is 15.4. The highest BCUT2D eigenvalue weighted by molar-refractivity contribution is 7.54. The van der Waals surface area contributed by atoms with Gasteiger partial charge in [-0.1, -0.05) is 13.8 Å². The van der Waals surface area contributed by atoms with Gasteiger partial charge in [0.25, 0.3) is 0 Å². The molecule has 0 spiro atoms. The molecule has 15 heavy (non-hydrogen) atoms. The summed E-state index contributed by atoms with van der Waals surface area (Å²) in [5.41, 5.74) is 0. The van der Waals surface area contributed by atoms with Crippen LogP contribution in [0.2, 0.25) is 19.6 Å². The van der Waals surface area contributed by atoms with Gasteiger partial charge in [0.2, 0.25) is 0 Å². The van der Waals surface area contributed by atoms with Crippen molar-refractivity contribution in [3.63, 3.8) is 0 Å². The Morgan fingerprint density at radius 2 is 1.67 bits per heavy atom. The molecule has 0 bridgehead atoms. The summed E-state index contributed by atoms with van der Waals surface area (Å²) in [6.45, 7) is 13.8. The molecule has 2 unspecified atom stereocenters. The lowest BCUT2D eigenvalue weighted by molar-refractivity contribution is 0.173. The fourth-order valence-corrected chi connectivity index (χ4v) is 6.44. The van der Waals surface area contributed by atoms with Crippen LogP contribution in [0.25, 0.3) is 0 Å². The number of rotatable bonds is 6. The first-order chi connectivity index (χ1) is 6.52.